The van der Waals surface area contributed by atoms with E-state index >= 15 is 0 Å². The van der Waals surface area contributed by atoms with Crippen LogP contribution in [-0.2, 0) is 6.54 Å². The van der Waals surface area contributed by atoms with Crippen molar-refractivity contribution in [1.29, 1.82) is 0 Å². The normalized spacial score (nSPS) is 10.3. The van der Waals surface area contributed by atoms with Crippen molar-refractivity contribution in [3.05, 3.63) is 60.8 Å². The highest BCUT2D eigenvalue weighted by molar-refractivity contribution is 5.64. The predicted octanol–water partition coefficient (Wildman–Crippen LogP) is 2.48. The molecule has 94 valence electrons. The van der Waals surface area contributed by atoms with Crippen LogP contribution in [0.3, 0.4) is 0 Å². The smallest absolute Gasteiger partial charge is 0.0777 e. The van der Waals surface area contributed by atoms with Crippen molar-refractivity contribution in [2.45, 2.75) is 6.54 Å². The Kier molecular flexibility index (Phi) is 3.18. The minimum Gasteiger partial charge on any atom is -0.379 e. The van der Waals surface area contributed by atoms with E-state index < -0.39 is 0 Å². The summed E-state index contributed by atoms with van der Waals surface area (Å²) in [4.78, 5) is 8.26. The standard InChI is InChI=1S/C14H13N5/c1-2-11(14-4-5-18-19-14)8-12(3-1)17-10-13-9-15-6-7-16-13/h1-9,17H,10H2,(H,18,19). The quantitative estimate of drug-likeness (QED) is 0.747. The van der Waals surface area contributed by atoms with Gasteiger partial charge >= 0.3 is 0 Å². The van der Waals surface area contributed by atoms with Crippen LogP contribution < -0.4 is 5.32 Å². The highest BCUT2D eigenvalue weighted by Gasteiger charge is 2.00. The molecule has 0 aliphatic rings. The van der Waals surface area contributed by atoms with Crippen molar-refractivity contribution in [3.8, 4) is 11.3 Å². The highest BCUT2D eigenvalue weighted by Crippen LogP contribution is 2.20. The van der Waals surface area contributed by atoms with Gasteiger partial charge in [-0.05, 0) is 18.2 Å². The van der Waals surface area contributed by atoms with E-state index in [9.17, 15) is 0 Å². The number of rotatable bonds is 4. The maximum atomic E-state index is 4.22. The predicted molar refractivity (Wildman–Crippen MR) is 73.4 cm³/mol. The Hall–Kier alpha value is -2.69. The number of hydrogen-bond acceptors (Lipinski definition) is 4. The van der Waals surface area contributed by atoms with Crippen LogP contribution in [0.5, 0.6) is 0 Å². The van der Waals surface area contributed by atoms with Gasteiger partial charge in [0.25, 0.3) is 0 Å². The maximum Gasteiger partial charge on any atom is 0.0777 e. The van der Waals surface area contributed by atoms with E-state index in [2.05, 4.69) is 31.5 Å². The molecule has 3 aromatic rings. The van der Waals surface area contributed by atoms with Gasteiger partial charge < -0.3 is 5.32 Å². The molecule has 0 fully saturated rings. The van der Waals surface area contributed by atoms with Gasteiger partial charge in [0.1, 0.15) is 0 Å². The molecule has 0 aliphatic carbocycles. The lowest BCUT2D eigenvalue weighted by Crippen LogP contribution is -2.01. The van der Waals surface area contributed by atoms with Gasteiger partial charge in [-0.1, -0.05) is 12.1 Å². The Bertz CT molecular complexity index is 634. The van der Waals surface area contributed by atoms with E-state index in [1.807, 2.05) is 24.3 Å². The van der Waals surface area contributed by atoms with Crippen LogP contribution in [0.4, 0.5) is 5.69 Å². The first kappa shape index (κ1) is 11.4. The van der Waals surface area contributed by atoms with Crippen LogP contribution in [-0.4, -0.2) is 20.2 Å². The van der Waals surface area contributed by atoms with Crippen molar-refractivity contribution < 1.29 is 0 Å². The SMILES string of the molecule is c1cc(NCc2cnccn2)cc(-c2ccn[nH]2)c1. The van der Waals surface area contributed by atoms with Gasteiger partial charge in [0.15, 0.2) is 0 Å². The van der Waals surface area contributed by atoms with Crippen molar-refractivity contribution in [2.24, 2.45) is 0 Å². The lowest BCUT2D eigenvalue weighted by Gasteiger charge is -2.07. The lowest BCUT2D eigenvalue weighted by molar-refractivity contribution is 1.01. The van der Waals surface area contributed by atoms with E-state index in [0.29, 0.717) is 6.54 Å². The molecule has 1 aromatic carbocycles. The molecular formula is C14H13N5. The van der Waals surface area contributed by atoms with E-state index in [1.165, 1.54) is 0 Å². The van der Waals surface area contributed by atoms with Crippen molar-refractivity contribution in [1.82, 2.24) is 20.2 Å². The van der Waals surface area contributed by atoms with E-state index in [1.54, 1.807) is 24.8 Å². The molecule has 19 heavy (non-hydrogen) atoms. The summed E-state index contributed by atoms with van der Waals surface area (Å²) in [7, 11) is 0. The third-order valence-electron chi connectivity index (χ3n) is 2.76. The Morgan fingerprint density at radius 3 is 2.89 bits per heavy atom. The molecule has 2 N–H and O–H groups in total. The van der Waals surface area contributed by atoms with Crippen LogP contribution in [0, 0.1) is 0 Å². The third kappa shape index (κ3) is 2.77. The number of nitrogens with one attached hydrogen (secondary N) is 2. The zero-order valence-corrected chi connectivity index (χ0v) is 10.2. The molecule has 0 unspecified atom stereocenters. The van der Waals surface area contributed by atoms with E-state index in [4.69, 9.17) is 0 Å². The van der Waals surface area contributed by atoms with Gasteiger partial charge in [0.05, 0.1) is 24.1 Å². The van der Waals surface area contributed by atoms with Gasteiger partial charge in [0.2, 0.25) is 0 Å². The van der Waals surface area contributed by atoms with Crippen molar-refractivity contribution in [3.63, 3.8) is 0 Å². The molecule has 5 heteroatoms. The van der Waals surface area contributed by atoms with Gasteiger partial charge in [-0.25, -0.2) is 0 Å². The summed E-state index contributed by atoms with van der Waals surface area (Å²) < 4.78 is 0. The fourth-order valence-corrected chi connectivity index (χ4v) is 1.83. The van der Waals surface area contributed by atoms with Crippen LogP contribution in [0.2, 0.25) is 0 Å². The Morgan fingerprint density at radius 2 is 2.11 bits per heavy atom. The molecule has 0 spiro atoms. The topological polar surface area (TPSA) is 66.5 Å². The molecule has 5 nitrogen and oxygen atoms in total. The Balaban J connectivity index is 1.74. The fourth-order valence-electron chi connectivity index (χ4n) is 1.83. The maximum absolute atomic E-state index is 4.22. The highest BCUT2D eigenvalue weighted by atomic mass is 15.1. The number of aromatic amines is 1. The zero-order valence-electron chi connectivity index (χ0n) is 10.2. The molecule has 0 radical (unpaired) electrons. The molecule has 0 saturated heterocycles. The average Bonchev–Trinajstić information content (AvgIpc) is 3.01. The number of nitrogens with zero attached hydrogens (tertiary/aromatic N) is 3. The summed E-state index contributed by atoms with van der Waals surface area (Å²) in [5.74, 6) is 0. The molecule has 0 amide bonds. The van der Waals surface area contributed by atoms with Gasteiger partial charge in [0, 0.05) is 29.8 Å². The third-order valence-corrected chi connectivity index (χ3v) is 2.76. The second kappa shape index (κ2) is 5.30. The average molecular weight is 251 g/mol. The second-order valence-corrected chi connectivity index (χ2v) is 4.10. The van der Waals surface area contributed by atoms with E-state index in [0.717, 1.165) is 22.6 Å². The van der Waals surface area contributed by atoms with Gasteiger partial charge in [-0.3, -0.25) is 15.1 Å². The molecule has 0 aliphatic heterocycles. The van der Waals surface area contributed by atoms with Crippen LogP contribution in [0.15, 0.2) is 55.1 Å². The molecule has 0 atom stereocenters. The zero-order chi connectivity index (χ0) is 12.9. The lowest BCUT2D eigenvalue weighted by atomic mass is 10.1. The van der Waals surface area contributed by atoms with Gasteiger partial charge in [-0.15, -0.1) is 0 Å². The first-order chi connectivity index (χ1) is 9.42. The minimum atomic E-state index is 0.653. The monoisotopic (exact) mass is 251 g/mol. The van der Waals surface area contributed by atoms with Gasteiger partial charge in [-0.2, -0.15) is 5.10 Å². The Morgan fingerprint density at radius 1 is 1.11 bits per heavy atom. The second-order valence-electron chi connectivity index (χ2n) is 4.10. The summed E-state index contributed by atoms with van der Waals surface area (Å²) in [6, 6.07) is 10.1. The first-order valence-electron chi connectivity index (χ1n) is 6.00. The molecule has 0 saturated carbocycles. The Labute approximate surface area is 110 Å². The fraction of sp³-hybridized carbons (Fsp3) is 0.0714. The number of benzene rings is 1. The molecule has 0 bridgehead atoms. The first-order valence-corrected chi connectivity index (χ1v) is 6.00. The summed E-state index contributed by atoms with van der Waals surface area (Å²) in [6.45, 7) is 0.653. The van der Waals surface area contributed by atoms with E-state index in [-0.39, 0.29) is 0 Å². The largest absolute Gasteiger partial charge is 0.379 e. The number of H-pyrrole nitrogens is 1. The number of aromatic nitrogens is 4. The molecular weight excluding hydrogens is 238 g/mol. The van der Waals surface area contributed by atoms with Crippen molar-refractivity contribution in [2.75, 3.05) is 5.32 Å². The number of hydrogen-bond donors (Lipinski definition) is 2. The van der Waals surface area contributed by atoms with Crippen LogP contribution in [0.1, 0.15) is 5.69 Å². The number of anilines is 1. The summed E-state index contributed by atoms with van der Waals surface area (Å²) >= 11 is 0. The molecule has 2 aromatic heterocycles. The molecule has 2 heterocycles. The van der Waals surface area contributed by atoms with Crippen LogP contribution in [0.25, 0.3) is 11.3 Å². The molecule has 3 rings (SSSR count). The summed E-state index contributed by atoms with van der Waals surface area (Å²) in [5.41, 5.74) is 4.05. The summed E-state index contributed by atoms with van der Waals surface area (Å²) in [6.07, 6.45) is 6.86. The summed E-state index contributed by atoms with van der Waals surface area (Å²) in [5, 5.41) is 10.2. The van der Waals surface area contributed by atoms with Crippen molar-refractivity contribution >= 4 is 5.69 Å². The van der Waals surface area contributed by atoms with Crippen LogP contribution >= 0.6 is 0 Å². The minimum absolute atomic E-state index is 0.653.